The van der Waals surface area contributed by atoms with Crippen molar-refractivity contribution in [2.24, 2.45) is 0 Å². The molecule has 0 bridgehead atoms. The molecule has 0 atom stereocenters. The van der Waals surface area contributed by atoms with Gasteiger partial charge in [0.25, 0.3) is 0 Å². The third kappa shape index (κ3) is 4.80. The van der Waals surface area contributed by atoms with Crippen LogP contribution in [0.2, 0.25) is 0 Å². The predicted octanol–water partition coefficient (Wildman–Crippen LogP) is 12.4. The summed E-state index contributed by atoms with van der Waals surface area (Å²) >= 11 is 0. The highest BCUT2D eigenvalue weighted by Crippen LogP contribution is 2.60. The van der Waals surface area contributed by atoms with Crippen LogP contribution < -0.4 is 9.80 Å². The molecule has 2 heteroatoms. The van der Waals surface area contributed by atoms with Crippen molar-refractivity contribution >= 4 is 33.5 Å². The van der Waals surface area contributed by atoms with E-state index in [0.29, 0.717) is 0 Å². The summed E-state index contributed by atoms with van der Waals surface area (Å²) in [6.45, 7) is 0. The number of anilines is 4. The number of benzene rings is 8. The summed E-state index contributed by atoms with van der Waals surface area (Å²) in [5.41, 5.74) is 10.9. The summed E-state index contributed by atoms with van der Waals surface area (Å²) in [6, 6.07) is 74.8. The molecule has 0 fully saturated rings. The fourth-order valence-electron chi connectivity index (χ4n) is 7.61. The molecule has 9 rings (SSSR count). The zero-order valence-electron chi connectivity index (χ0n) is 27.0. The van der Waals surface area contributed by atoms with Gasteiger partial charge in [-0.05, 0) is 69.4 Å². The second kappa shape index (κ2) is 12.0. The first-order valence-corrected chi connectivity index (χ1v) is 16.9. The Hall–Kier alpha value is -6.38. The molecule has 0 N–H and O–H groups in total. The quantitative estimate of drug-likeness (QED) is 0.181. The van der Waals surface area contributed by atoms with E-state index in [-0.39, 0.29) is 0 Å². The molecule has 1 heterocycles. The number of rotatable bonds is 6. The molecule has 0 amide bonds. The van der Waals surface area contributed by atoms with Crippen molar-refractivity contribution < 1.29 is 0 Å². The van der Waals surface area contributed by atoms with Gasteiger partial charge in [0.05, 0.1) is 11.4 Å². The third-order valence-electron chi connectivity index (χ3n) is 9.75. The van der Waals surface area contributed by atoms with E-state index in [2.05, 4.69) is 216 Å². The summed E-state index contributed by atoms with van der Waals surface area (Å²) < 4.78 is 0. The molecule has 0 saturated carbocycles. The monoisotopic (exact) mass is 626 g/mol. The van der Waals surface area contributed by atoms with Crippen LogP contribution in [-0.2, 0) is 5.66 Å². The van der Waals surface area contributed by atoms with Gasteiger partial charge in [-0.15, -0.1) is 0 Å². The van der Waals surface area contributed by atoms with Crippen LogP contribution in [0.1, 0.15) is 11.1 Å². The first-order chi connectivity index (χ1) is 24.3. The summed E-state index contributed by atoms with van der Waals surface area (Å²) in [5, 5.41) is 2.42. The van der Waals surface area contributed by atoms with E-state index in [9.17, 15) is 0 Å². The van der Waals surface area contributed by atoms with E-state index in [1.54, 1.807) is 0 Å². The maximum Gasteiger partial charge on any atom is 0.175 e. The Bertz CT molecular complexity index is 2210. The lowest BCUT2D eigenvalue weighted by atomic mass is 9.87. The molecule has 0 saturated heterocycles. The smallest absolute Gasteiger partial charge is 0.175 e. The Morgan fingerprint density at radius 3 is 1.04 bits per heavy atom. The third-order valence-corrected chi connectivity index (χ3v) is 9.75. The van der Waals surface area contributed by atoms with Gasteiger partial charge in [0.1, 0.15) is 0 Å². The van der Waals surface area contributed by atoms with E-state index in [4.69, 9.17) is 0 Å². The van der Waals surface area contributed by atoms with E-state index in [1.165, 1.54) is 44.2 Å². The van der Waals surface area contributed by atoms with Crippen molar-refractivity contribution in [3.8, 4) is 22.3 Å². The molecular weight excluding hydrogens is 593 g/mol. The van der Waals surface area contributed by atoms with E-state index in [1.807, 2.05) is 0 Å². The molecule has 8 aromatic rings. The molecule has 232 valence electrons. The fourth-order valence-corrected chi connectivity index (χ4v) is 7.61. The second-order valence-corrected chi connectivity index (χ2v) is 12.6. The first-order valence-electron chi connectivity index (χ1n) is 16.9. The van der Waals surface area contributed by atoms with Crippen molar-refractivity contribution in [3.63, 3.8) is 0 Å². The molecule has 0 aliphatic carbocycles. The zero-order chi connectivity index (χ0) is 32.6. The van der Waals surface area contributed by atoms with E-state index >= 15 is 0 Å². The van der Waals surface area contributed by atoms with E-state index < -0.39 is 5.66 Å². The van der Waals surface area contributed by atoms with Crippen molar-refractivity contribution in [2.75, 3.05) is 9.80 Å². The summed E-state index contributed by atoms with van der Waals surface area (Å²) in [4.78, 5) is 5.14. The van der Waals surface area contributed by atoms with Gasteiger partial charge in [0.15, 0.2) is 5.66 Å². The predicted molar refractivity (Wildman–Crippen MR) is 206 cm³/mol. The van der Waals surface area contributed by atoms with Crippen LogP contribution in [-0.4, -0.2) is 0 Å². The Labute approximate surface area is 287 Å². The van der Waals surface area contributed by atoms with Crippen LogP contribution in [0.3, 0.4) is 0 Å². The lowest BCUT2D eigenvalue weighted by Crippen LogP contribution is -2.51. The van der Waals surface area contributed by atoms with Gasteiger partial charge in [-0.25, -0.2) is 0 Å². The minimum atomic E-state index is -0.771. The van der Waals surface area contributed by atoms with Crippen molar-refractivity contribution in [1.82, 2.24) is 0 Å². The Balaban J connectivity index is 1.41. The number of hydrogen-bond donors (Lipinski definition) is 0. The van der Waals surface area contributed by atoms with Gasteiger partial charge in [0, 0.05) is 22.5 Å². The second-order valence-electron chi connectivity index (χ2n) is 12.6. The normalized spacial score (nSPS) is 13.4. The van der Waals surface area contributed by atoms with Crippen LogP contribution in [0.15, 0.2) is 206 Å². The zero-order valence-corrected chi connectivity index (χ0v) is 27.0. The van der Waals surface area contributed by atoms with Gasteiger partial charge in [0.2, 0.25) is 0 Å². The standard InChI is InChI=1S/C47H34N2/c1-5-17-35(18-6-1)37-23-15-29-43(31-37)48-45-33-39-21-13-14-22-40(39)34-46(45)49(44-30-16-24-38(32-44)36-19-7-2-8-20-36)47(48,41-25-9-3-10-26-41)42-27-11-4-12-28-42/h1-34H. The summed E-state index contributed by atoms with van der Waals surface area (Å²) in [7, 11) is 0. The topological polar surface area (TPSA) is 6.48 Å². The average Bonchev–Trinajstić information content (AvgIpc) is 3.49. The van der Waals surface area contributed by atoms with E-state index in [0.717, 1.165) is 22.7 Å². The molecule has 0 unspecified atom stereocenters. The Morgan fingerprint density at radius 1 is 0.286 bits per heavy atom. The molecular formula is C47H34N2. The maximum absolute atomic E-state index is 2.57. The minimum absolute atomic E-state index is 0.771. The van der Waals surface area contributed by atoms with Gasteiger partial charge >= 0.3 is 0 Å². The van der Waals surface area contributed by atoms with Crippen molar-refractivity contribution in [2.45, 2.75) is 5.66 Å². The molecule has 2 nitrogen and oxygen atoms in total. The molecule has 0 aromatic heterocycles. The van der Waals surface area contributed by atoms with Crippen LogP contribution >= 0.6 is 0 Å². The highest BCUT2D eigenvalue weighted by Gasteiger charge is 2.54. The number of fused-ring (bicyclic) bond motifs is 2. The fraction of sp³-hybridized carbons (Fsp3) is 0.0213. The number of nitrogens with zero attached hydrogens (tertiary/aromatic N) is 2. The highest BCUT2D eigenvalue weighted by molar-refractivity contribution is 6.01. The Morgan fingerprint density at radius 2 is 0.633 bits per heavy atom. The van der Waals surface area contributed by atoms with Crippen LogP contribution in [0.5, 0.6) is 0 Å². The van der Waals surface area contributed by atoms with Gasteiger partial charge in [-0.3, -0.25) is 0 Å². The van der Waals surface area contributed by atoms with Crippen LogP contribution in [0.25, 0.3) is 33.0 Å². The average molecular weight is 627 g/mol. The molecule has 0 spiro atoms. The first kappa shape index (κ1) is 28.8. The molecule has 8 aromatic carbocycles. The van der Waals surface area contributed by atoms with Crippen LogP contribution in [0, 0.1) is 0 Å². The largest absolute Gasteiger partial charge is 0.308 e. The molecule has 1 aliphatic heterocycles. The molecule has 0 radical (unpaired) electrons. The van der Waals surface area contributed by atoms with Gasteiger partial charge in [-0.1, -0.05) is 170 Å². The minimum Gasteiger partial charge on any atom is -0.308 e. The van der Waals surface area contributed by atoms with Gasteiger partial charge in [-0.2, -0.15) is 0 Å². The highest BCUT2D eigenvalue weighted by atomic mass is 15.5. The summed E-state index contributed by atoms with van der Waals surface area (Å²) in [6.07, 6.45) is 0. The van der Waals surface area contributed by atoms with Crippen molar-refractivity contribution in [1.29, 1.82) is 0 Å². The maximum atomic E-state index is 2.57. The number of hydrogen-bond acceptors (Lipinski definition) is 2. The lowest BCUT2D eigenvalue weighted by Gasteiger charge is -2.47. The Kier molecular flexibility index (Phi) is 7.06. The molecule has 1 aliphatic rings. The molecule has 49 heavy (non-hydrogen) atoms. The SMILES string of the molecule is c1ccc(-c2cccc(N3c4cc5ccccc5cc4N(c4cccc(-c5ccccc5)c4)C3(c3ccccc3)c3ccccc3)c2)cc1. The van der Waals surface area contributed by atoms with Gasteiger partial charge < -0.3 is 9.80 Å². The van der Waals surface area contributed by atoms with Crippen LogP contribution in [0.4, 0.5) is 22.7 Å². The summed E-state index contributed by atoms with van der Waals surface area (Å²) in [5.74, 6) is 0. The van der Waals surface area contributed by atoms with Crippen molar-refractivity contribution in [3.05, 3.63) is 217 Å². The lowest BCUT2D eigenvalue weighted by molar-refractivity contribution is 0.560.